The van der Waals surface area contributed by atoms with Crippen LogP contribution in [0.4, 0.5) is 5.82 Å². The van der Waals surface area contributed by atoms with Crippen LogP contribution in [0.25, 0.3) is 0 Å². The molecule has 0 atom stereocenters. The maximum Gasteiger partial charge on any atom is 0.127 e. The molecule has 0 radical (unpaired) electrons. The lowest BCUT2D eigenvalue weighted by Gasteiger charge is -2.27. The van der Waals surface area contributed by atoms with E-state index in [2.05, 4.69) is 31.6 Å². The number of aryl methyl sites for hydroxylation is 1. The Morgan fingerprint density at radius 2 is 1.95 bits per heavy atom. The molecule has 0 amide bonds. The Bertz CT molecular complexity index is 425. The van der Waals surface area contributed by atoms with E-state index in [0.717, 1.165) is 23.7 Å². The van der Waals surface area contributed by atoms with Gasteiger partial charge in [-0.1, -0.05) is 12.8 Å². The Kier molecular flexibility index (Phi) is 4.49. The third-order valence-corrected chi connectivity index (χ3v) is 4.56. The first-order chi connectivity index (χ1) is 8.95. The molecule has 2 rings (SSSR count). The summed E-state index contributed by atoms with van der Waals surface area (Å²) in [7, 11) is 0. The summed E-state index contributed by atoms with van der Waals surface area (Å²) in [6, 6.07) is 0. The van der Waals surface area contributed by atoms with Gasteiger partial charge in [0.2, 0.25) is 0 Å². The van der Waals surface area contributed by atoms with Gasteiger partial charge in [-0.25, -0.2) is 4.98 Å². The average Bonchev–Trinajstić information content (AvgIpc) is 2.92. The molecule has 108 valence electrons. The topological polar surface area (TPSA) is 43.8 Å². The van der Waals surface area contributed by atoms with Crippen molar-refractivity contribution in [2.75, 3.05) is 17.7 Å². The van der Waals surface area contributed by atoms with E-state index in [4.69, 9.17) is 10.7 Å². The van der Waals surface area contributed by atoms with Gasteiger partial charge in [0, 0.05) is 17.9 Å². The molecule has 1 heterocycles. The second-order valence-electron chi connectivity index (χ2n) is 6.53. The van der Waals surface area contributed by atoms with Crippen LogP contribution in [0.1, 0.15) is 63.9 Å². The number of nitrogen functional groups attached to an aromatic ring is 1. The Hall–Kier alpha value is -0.640. The van der Waals surface area contributed by atoms with Gasteiger partial charge in [-0.3, -0.25) is 0 Å². The van der Waals surface area contributed by atoms with E-state index in [9.17, 15) is 0 Å². The molecular weight excluding hydrogens is 254 g/mol. The minimum absolute atomic E-state index is 0.0205. The van der Waals surface area contributed by atoms with E-state index >= 15 is 0 Å². The number of anilines is 1. The first kappa shape index (κ1) is 14.8. The zero-order valence-electron chi connectivity index (χ0n) is 12.7. The summed E-state index contributed by atoms with van der Waals surface area (Å²) in [4.78, 5) is 4.92. The molecule has 0 unspecified atom stereocenters. The third kappa shape index (κ3) is 3.10. The Balaban J connectivity index is 2.39. The largest absolute Gasteiger partial charge is 0.384 e. The Labute approximate surface area is 121 Å². The molecule has 0 saturated heterocycles. The Morgan fingerprint density at radius 1 is 1.32 bits per heavy atom. The predicted octanol–water partition coefficient (Wildman–Crippen LogP) is 3.78. The highest BCUT2D eigenvalue weighted by molar-refractivity contribution is 7.98. The van der Waals surface area contributed by atoms with Crippen LogP contribution in [0.15, 0.2) is 0 Å². The number of hydrogen-bond donors (Lipinski definition) is 1. The fourth-order valence-electron chi connectivity index (χ4n) is 3.04. The fraction of sp³-hybridized carbons (Fsp3) is 0.800. The van der Waals surface area contributed by atoms with Crippen molar-refractivity contribution in [2.45, 2.75) is 64.3 Å². The third-order valence-electron chi connectivity index (χ3n) is 3.95. The summed E-state index contributed by atoms with van der Waals surface area (Å²) in [6.07, 6.45) is 8.33. The zero-order valence-corrected chi connectivity index (χ0v) is 13.5. The number of nitrogens with two attached hydrogens (primary N) is 1. The summed E-state index contributed by atoms with van der Waals surface area (Å²) in [6.45, 7) is 6.67. The number of rotatable bonds is 4. The molecule has 2 N–H and O–H groups in total. The van der Waals surface area contributed by atoms with Gasteiger partial charge in [-0.2, -0.15) is 11.8 Å². The van der Waals surface area contributed by atoms with Crippen LogP contribution in [0.5, 0.6) is 0 Å². The lowest BCUT2D eigenvalue weighted by molar-refractivity contribution is 0.377. The van der Waals surface area contributed by atoms with E-state index in [0.29, 0.717) is 5.92 Å². The molecule has 0 aromatic carbocycles. The monoisotopic (exact) mass is 281 g/mol. The van der Waals surface area contributed by atoms with Crippen molar-refractivity contribution in [3.05, 3.63) is 11.5 Å². The number of nitrogens with zero attached hydrogens (tertiary/aromatic N) is 2. The van der Waals surface area contributed by atoms with Crippen molar-refractivity contribution < 1.29 is 0 Å². The van der Waals surface area contributed by atoms with E-state index < -0.39 is 0 Å². The maximum atomic E-state index is 6.39. The van der Waals surface area contributed by atoms with Crippen LogP contribution in [0.3, 0.4) is 0 Å². The van der Waals surface area contributed by atoms with E-state index in [1.165, 1.54) is 31.5 Å². The minimum Gasteiger partial charge on any atom is -0.384 e. The second-order valence-corrected chi connectivity index (χ2v) is 7.52. The molecule has 3 nitrogen and oxygen atoms in total. The maximum absolute atomic E-state index is 6.39. The highest BCUT2D eigenvalue weighted by Crippen LogP contribution is 2.38. The van der Waals surface area contributed by atoms with Gasteiger partial charge in [-0.05, 0) is 45.6 Å². The van der Waals surface area contributed by atoms with Crippen molar-refractivity contribution in [1.29, 1.82) is 0 Å². The van der Waals surface area contributed by atoms with Crippen molar-refractivity contribution in [3.63, 3.8) is 0 Å². The summed E-state index contributed by atoms with van der Waals surface area (Å²) in [5.74, 6) is 3.83. The molecule has 1 aromatic rings. The van der Waals surface area contributed by atoms with E-state index in [1.807, 2.05) is 11.8 Å². The van der Waals surface area contributed by atoms with Crippen molar-refractivity contribution in [3.8, 4) is 0 Å². The molecule has 1 fully saturated rings. The number of thioether (sulfide) groups is 1. The van der Waals surface area contributed by atoms with Crippen LogP contribution >= 0.6 is 11.8 Å². The van der Waals surface area contributed by atoms with Gasteiger partial charge in [0.25, 0.3) is 0 Å². The van der Waals surface area contributed by atoms with Gasteiger partial charge in [0.15, 0.2) is 0 Å². The van der Waals surface area contributed by atoms with Gasteiger partial charge in [0.1, 0.15) is 11.6 Å². The van der Waals surface area contributed by atoms with Gasteiger partial charge in [0.05, 0.1) is 5.69 Å². The first-order valence-electron chi connectivity index (χ1n) is 7.31. The SMILES string of the molecule is CSCCc1nc(C2CCCC2)n(C(C)(C)C)c1N. The van der Waals surface area contributed by atoms with Crippen LogP contribution in [-0.4, -0.2) is 21.6 Å². The summed E-state index contributed by atoms with van der Waals surface area (Å²) < 4.78 is 2.29. The van der Waals surface area contributed by atoms with E-state index in [1.54, 1.807) is 0 Å². The van der Waals surface area contributed by atoms with Crippen molar-refractivity contribution in [2.24, 2.45) is 0 Å². The highest BCUT2D eigenvalue weighted by Gasteiger charge is 2.29. The van der Waals surface area contributed by atoms with Crippen molar-refractivity contribution >= 4 is 17.6 Å². The van der Waals surface area contributed by atoms with Crippen LogP contribution < -0.4 is 5.73 Å². The molecule has 1 saturated carbocycles. The van der Waals surface area contributed by atoms with Crippen LogP contribution in [-0.2, 0) is 12.0 Å². The van der Waals surface area contributed by atoms with Crippen molar-refractivity contribution in [1.82, 2.24) is 9.55 Å². The van der Waals surface area contributed by atoms with Gasteiger partial charge < -0.3 is 10.3 Å². The fourth-order valence-corrected chi connectivity index (χ4v) is 3.44. The van der Waals surface area contributed by atoms with E-state index in [-0.39, 0.29) is 5.54 Å². The predicted molar refractivity (Wildman–Crippen MR) is 84.9 cm³/mol. The van der Waals surface area contributed by atoms with Crippen LogP contribution in [0, 0.1) is 0 Å². The number of hydrogen-bond acceptors (Lipinski definition) is 3. The van der Waals surface area contributed by atoms with Gasteiger partial charge in [-0.15, -0.1) is 0 Å². The minimum atomic E-state index is 0.0205. The molecule has 0 bridgehead atoms. The number of imidazole rings is 1. The zero-order chi connectivity index (χ0) is 14.0. The molecular formula is C15H27N3S. The van der Waals surface area contributed by atoms with Crippen LogP contribution in [0.2, 0.25) is 0 Å². The molecule has 0 spiro atoms. The first-order valence-corrected chi connectivity index (χ1v) is 8.71. The lowest BCUT2D eigenvalue weighted by Crippen LogP contribution is -2.26. The lowest BCUT2D eigenvalue weighted by atomic mass is 10.0. The number of aromatic nitrogens is 2. The summed E-state index contributed by atoms with van der Waals surface area (Å²) in [5.41, 5.74) is 7.51. The smallest absolute Gasteiger partial charge is 0.127 e. The molecule has 1 aliphatic carbocycles. The average molecular weight is 281 g/mol. The molecule has 19 heavy (non-hydrogen) atoms. The molecule has 4 heteroatoms. The summed E-state index contributed by atoms with van der Waals surface area (Å²) in [5, 5.41) is 0. The molecule has 1 aromatic heterocycles. The van der Waals surface area contributed by atoms with Gasteiger partial charge >= 0.3 is 0 Å². The normalized spacial score (nSPS) is 17.3. The molecule has 0 aliphatic heterocycles. The summed E-state index contributed by atoms with van der Waals surface area (Å²) >= 11 is 1.86. The Morgan fingerprint density at radius 3 is 2.47 bits per heavy atom. The quantitative estimate of drug-likeness (QED) is 0.913. The standard InChI is InChI=1S/C15H27N3S/c1-15(2,3)18-13(16)12(9-10-19-4)17-14(18)11-7-5-6-8-11/h11H,5-10,16H2,1-4H3. The molecule has 1 aliphatic rings. The second kappa shape index (κ2) is 5.78. The highest BCUT2D eigenvalue weighted by atomic mass is 32.2.